The summed E-state index contributed by atoms with van der Waals surface area (Å²) in [6, 6.07) is 11.1. The molecular weight excluding hydrogens is 472 g/mol. The predicted octanol–water partition coefficient (Wildman–Crippen LogP) is 3.86. The van der Waals surface area contributed by atoms with E-state index < -0.39 is 24.0 Å². The molecule has 0 fully saturated rings. The lowest BCUT2D eigenvalue weighted by Gasteiger charge is -2.21. The van der Waals surface area contributed by atoms with Gasteiger partial charge in [-0.1, -0.05) is 53.4 Å². The van der Waals surface area contributed by atoms with Crippen molar-refractivity contribution in [1.29, 1.82) is 0 Å². The molecule has 3 aromatic rings. The molecule has 3 rings (SSSR count). The molecule has 182 valence electrons. The molecule has 1 heterocycles. The summed E-state index contributed by atoms with van der Waals surface area (Å²) in [7, 11) is 0. The highest BCUT2D eigenvalue weighted by Crippen LogP contribution is 2.20. The smallest absolute Gasteiger partial charge is 0.332 e. The Labute approximate surface area is 206 Å². The minimum Gasteiger partial charge on any atom is -0.479 e. The third kappa shape index (κ3) is 6.78. The van der Waals surface area contributed by atoms with E-state index in [9.17, 15) is 19.9 Å². The Morgan fingerprint density at radius 1 is 1.20 bits per heavy atom. The van der Waals surface area contributed by atoms with Crippen LogP contribution >= 0.6 is 11.6 Å². The molecule has 1 amide bonds. The van der Waals surface area contributed by atoms with Crippen molar-refractivity contribution in [2.75, 3.05) is 0 Å². The van der Waals surface area contributed by atoms with Gasteiger partial charge in [0, 0.05) is 23.0 Å². The first-order valence-corrected chi connectivity index (χ1v) is 11.1. The lowest BCUT2D eigenvalue weighted by Crippen LogP contribution is -2.39. The molecular formula is C25H25ClN4O5. The Kier molecular flexibility index (Phi) is 8.40. The van der Waals surface area contributed by atoms with Crippen molar-refractivity contribution in [1.82, 2.24) is 20.5 Å². The van der Waals surface area contributed by atoms with Crippen LogP contribution in [0.1, 0.15) is 35.7 Å². The maximum atomic E-state index is 12.9. The highest BCUT2D eigenvalue weighted by molar-refractivity contribution is 6.30. The van der Waals surface area contributed by atoms with E-state index in [-0.39, 0.29) is 23.9 Å². The highest BCUT2D eigenvalue weighted by Gasteiger charge is 2.23. The van der Waals surface area contributed by atoms with Gasteiger partial charge in [-0.3, -0.25) is 4.79 Å². The fourth-order valence-electron chi connectivity index (χ4n) is 3.45. The second-order valence-electron chi connectivity index (χ2n) is 7.95. The second-order valence-corrected chi connectivity index (χ2v) is 8.39. The number of rotatable bonds is 10. The summed E-state index contributed by atoms with van der Waals surface area (Å²) in [4.78, 5) is 24.7. The molecule has 0 spiro atoms. The average Bonchev–Trinajstić information content (AvgIpc) is 3.21. The van der Waals surface area contributed by atoms with Crippen molar-refractivity contribution in [3.63, 3.8) is 0 Å². The molecule has 1 aromatic heterocycles. The van der Waals surface area contributed by atoms with Crippen LogP contribution in [0, 0.1) is 0 Å². The number of hydrogen-bond donors (Lipinski definition) is 4. The number of aliphatic hydroxyl groups excluding tert-OH is 1. The van der Waals surface area contributed by atoms with E-state index in [0.29, 0.717) is 15.4 Å². The summed E-state index contributed by atoms with van der Waals surface area (Å²) in [5.41, 5.74) is 3.47. The number of fused-ring (bicyclic) bond motifs is 1. The van der Waals surface area contributed by atoms with Crippen molar-refractivity contribution < 1.29 is 25.0 Å². The van der Waals surface area contributed by atoms with E-state index >= 15 is 0 Å². The molecule has 9 nitrogen and oxygen atoms in total. The van der Waals surface area contributed by atoms with Gasteiger partial charge >= 0.3 is 5.97 Å². The van der Waals surface area contributed by atoms with Crippen molar-refractivity contribution in [2.45, 2.75) is 31.9 Å². The number of aromatic nitrogens is 3. The molecule has 0 aliphatic heterocycles. The average molecular weight is 497 g/mol. The Morgan fingerprint density at radius 2 is 1.97 bits per heavy atom. The third-order valence-corrected chi connectivity index (χ3v) is 5.63. The van der Waals surface area contributed by atoms with Crippen molar-refractivity contribution in [2.24, 2.45) is 0 Å². The fourth-order valence-corrected chi connectivity index (χ4v) is 3.64. The molecule has 10 heteroatoms. The molecule has 35 heavy (non-hydrogen) atoms. The maximum absolute atomic E-state index is 12.9. The monoisotopic (exact) mass is 496 g/mol. The van der Waals surface area contributed by atoms with E-state index in [1.807, 2.05) is 37.3 Å². The molecule has 0 saturated carbocycles. The zero-order chi connectivity index (χ0) is 25.5. The number of hydrogen-bond acceptors (Lipinski definition) is 6. The van der Waals surface area contributed by atoms with Gasteiger partial charge in [0.1, 0.15) is 11.0 Å². The van der Waals surface area contributed by atoms with Crippen molar-refractivity contribution >= 4 is 40.1 Å². The predicted molar refractivity (Wildman–Crippen MR) is 132 cm³/mol. The number of carboxylic acid groups (broad SMARTS) is 1. The zero-order valence-corrected chi connectivity index (χ0v) is 19.7. The summed E-state index contributed by atoms with van der Waals surface area (Å²) in [5.74, 6) is -1.90. The SMILES string of the molecule is C=C/C(=C\C=C(/C)c1cccc(Cl)c1)C[C@H](C[C@@H](O)C(=O)O)NC(=O)c1ccc2nnn(O)c2c1. The summed E-state index contributed by atoms with van der Waals surface area (Å²) in [6.07, 6.45) is 3.64. The summed E-state index contributed by atoms with van der Waals surface area (Å²) in [5, 5.41) is 39.4. The molecule has 0 aliphatic carbocycles. The van der Waals surface area contributed by atoms with Gasteiger partial charge in [0.2, 0.25) is 0 Å². The quantitative estimate of drug-likeness (QED) is 0.247. The van der Waals surface area contributed by atoms with Crippen LogP contribution in [0.3, 0.4) is 0 Å². The van der Waals surface area contributed by atoms with Crippen LogP contribution in [0.5, 0.6) is 0 Å². The number of benzene rings is 2. The molecule has 4 N–H and O–H groups in total. The van der Waals surface area contributed by atoms with Crippen molar-refractivity contribution in [3.8, 4) is 0 Å². The lowest BCUT2D eigenvalue weighted by molar-refractivity contribution is -0.147. The largest absolute Gasteiger partial charge is 0.479 e. The molecule has 0 unspecified atom stereocenters. The van der Waals surface area contributed by atoms with E-state index in [1.54, 1.807) is 12.1 Å². The number of halogens is 1. The first-order valence-electron chi connectivity index (χ1n) is 10.7. The summed E-state index contributed by atoms with van der Waals surface area (Å²) >= 11 is 6.06. The number of nitrogens with zero attached hydrogens (tertiary/aromatic N) is 3. The molecule has 0 bridgehead atoms. The Bertz CT molecular complexity index is 1310. The van der Waals surface area contributed by atoms with E-state index in [1.165, 1.54) is 18.2 Å². The van der Waals surface area contributed by atoms with Crippen LogP contribution in [0.4, 0.5) is 0 Å². The van der Waals surface area contributed by atoms with Gasteiger partial charge in [-0.25, -0.2) is 4.79 Å². The molecule has 0 radical (unpaired) electrons. The molecule has 2 aromatic carbocycles. The Hall–Kier alpha value is -3.95. The maximum Gasteiger partial charge on any atom is 0.332 e. The number of nitrogens with one attached hydrogen (secondary N) is 1. The molecule has 2 atom stereocenters. The minimum absolute atomic E-state index is 0.214. The number of amides is 1. The number of carbonyl (C=O) groups is 2. The number of aliphatic hydroxyl groups is 1. The van der Waals surface area contributed by atoms with Crippen LogP contribution < -0.4 is 5.32 Å². The second kappa shape index (κ2) is 11.5. The van der Waals surface area contributed by atoms with Crippen LogP contribution in [-0.4, -0.2) is 54.6 Å². The van der Waals surface area contributed by atoms with Gasteiger partial charge in [0.25, 0.3) is 5.91 Å². The lowest BCUT2D eigenvalue weighted by atomic mass is 9.98. The van der Waals surface area contributed by atoms with Crippen LogP contribution in [-0.2, 0) is 4.79 Å². The topological polar surface area (TPSA) is 138 Å². The number of aliphatic carboxylic acids is 1. The van der Waals surface area contributed by atoms with Gasteiger partial charge in [0.15, 0.2) is 6.10 Å². The molecule has 0 aliphatic rings. The number of allylic oxidation sites excluding steroid dienone is 4. The van der Waals surface area contributed by atoms with E-state index in [2.05, 4.69) is 22.2 Å². The zero-order valence-electron chi connectivity index (χ0n) is 18.9. The standard InChI is InChI=1S/C25H25ClN4O5/c1-3-16(8-7-15(2)17-5-4-6-19(26)12-17)11-20(14-23(31)25(33)34)27-24(32)18-9-10-21-22(13-18)30(35)29-28-21/h3-10,12-13,20,23,31,35H,1,11,14H2,2H3,(H,27,32)(H,33,34)/b15-7+,16-8+/t20-,23-/m1/s1. The normalized spacial score (nSPS) is 13.9. The number of carbonyl (C=O) groups excluding carboxylic acids is 1. The summed E-state index contributed by atoms with van der Waals surface area (Å²) < 4.78 is 0. The van der Waals surface area contributed by atoms with Crippen LogP contribution in [0.25, 0.3) is 16.6 Å². The third-order valence-electron chi connectivity index (χ3n) is 5.39. The fraction of sp³-hybridized carbons (Fsp3) is 0.200. The van der Waals surface area contributed by atoms with E-state index in [4.69, 9.17) is 16.7 Å². The number of carboxylic acids is 1. The van der Waals surface area contributed by atoms with Crippen LogP contribution in [0.15, 0.2) is 72.8 Å². The van der Waals surface area contributed by atoms with Gasteiger partial charge < -0.3 is 20.7 Å². The first-order chi connectivity index (χ1) is 16.7. The van der Waals surface area contributed by atoms with Crippen LogP contribution in [0.2, 0.25) is 5.02 Å². The minimum atomic E-state index is -1.67. The van der Waals surface area contributed by atoms with E-state index in [0.717, 1.165) is 16.7 Å². The van der Waals surface area contributed by atoms with Gasteiger partial charge in [0.05, 0.1) is 0 Å². The van der Waals surface area contributed by atoms with Crippen molar-refractivity contribution in [3.05, 3.63) is 89.0 Å². The molecule has 0 saturated heterocycles. The Balaban J connectivity index is 1.81. The highest BCUT2D eigenvalue weighted by atomic mass is 35.5. The Morgan fingerprint density at radius 3 is 2.66 bits per heavy atom. The first kappa shape index (κ1) is 25.7. The van der Waals surface area contributed by atoms with Gasteiger partial charge in [-0.05, 0) is 65.6 Å². The van der Waals surface area contributed by atoms with Gasteiger partial charge in [-0.15, -0.1) is 5.10 Å². The summed E-state index contributed by atoms with van der Waals surface area (Å²) in [6.45, 7) is 5.74. The van der Waals surface area contributed by atoms with Gasteiger partial charge in [-0.2, -0.15) is 0 Å².